The van der Waals surface area contributed by atoms with E-state index in [0.717, 1.165) is 47.8 Å². The molecule has 21 heavy (non-hydrogen) atoms. The van der Waals surface area contributed by atoms with Crippen LogP contribution in [0.3, 0.4) is 0 Å². The molecule has 0 spiro atoms. The van der Waals surface area contributed by atoms with Gasteiger partial charge in [-0.1, -0.05) is 27.2 Å². The normalized spacial score (nSPS) is 25.1. The molecule has 1 aromatic rings. The van der Waals surface area contributed by atoms with Crippen molar-refractivity contribution in [2.24, 2.45) is 11.8 Å². The molecular formula is C17H30N4. The van der Waals surface area contributed by atoms with Crippen molar-refractivity contribution in [1.82, 2.24) is 9.97 Å². The van der Waals surface area contributed by atoms with Gasteiger partial charge in [-0.05, 0) is 38.5 Å². The van der Waals surface area contributed by atoms with E-state index in [9.17, 15) is 0 Å². The molecule has 2 rings (SSSR count). The summed E-state index contributed by atoms with van der Waals surface area (Å²) in [6.07, 6.45) is 4.73. The van der Waals surface area contributed by atoms with Gasteiger partial charge in [0.25, 0.3) is 0 Å². The zero-order chi connectivity index (χ0) is 15.4. The maximum absolute atomic E-state index is 4.72. The quantitative estimate of drug-likeness (QED) is 0.831. The fraction of sp³-hybridized carbons (Fsp3) is 0.765. The molecule has 1 aliphatic rings. The third-order valence-electron chi connectivity index (χ3n) is 4.93. The highest BCUT2D eigenvalue weighted by Gasteiger charge is 2.32. The third-order valence-corrected chi connectivity index (χ3v) is 4.93. The number of hydrogen-bond acceptors (Lipinski definition) is 4. The van der Waals surface area contributed by atoms with Crippen LogP contribution < -0.4 is 10.6 Å². The Kier molecular flexibility index (Phi) is 5.43. The van der Waals surface area contributed by atoms with Crippen molar-refractivity contribution < 1.29 is 0 Å². The third kappa shape index (κ3) is 3.47. The Balaban J connectivity index is 2.21. The van der Waals surface area contributed by atoms with E-state index in [-0.39, 0.29) is 0 Å². The Bertz CT molecular complexity index is 472. The summed E-state index contributed by atoms with van der Waals surface area (Å²) < 4.78 is 0. The van der Waals surface area contributed by atoms with E-state index in [4.69, 9.17) is 4.98 Å². The van der Waals surface area contributed by atoms with Crippen molar-refractivity contribution in [3.63, 3.8) is 0 Å². The maximum Gasteiger partial charge on any atom is 0.135 e. The first-order valence-electron chi connectivity index (χ1n) is 8.48. The molecular weight excluding hydrogens is 260 g/mol. The molecule has 2 N–H and O–H groups in total. The molecule has 0 radical (unpaired) electrons. The number of anilines is 2. The summed E-state index contributed by atoms with van der Waals surface area (Å²) in [5.41, 5.74) is 1.14. The predicted molar refractivity (Wildman–Crippen MR) is 89.9 cm³/mol. The van der Waals surface area contributed by atoms with Gasteiger partial charge < -0.3 is 10.6 Å². The van der Waals surface area contributed by atoms with Gasteiger partial charge >= 0.3 is 0 Å². The fourth-order valence-electron chi connectivity index (χ4n) is 3.40. The molecule has 0 amide bonds. The van der Waals surface area contributed by atoms with Crippen LogP contribution >= 0.6 is 0 Å². The lowest BCUT2D eigenvalue weighted by Gasteiger charge is -2.23. The fourth-order valence-corrected chi connectivity index (χ4v) is 3.40. The summed E-state index contributed by atoms with van der Waals surface area (Å²) in [5.74, 6) is 4.48. The second-order valence-electron chi connectivity index (χ2n) is 6.20. The molecule has 1 aliphatic carbocycles. The zero-order valence-corrected chi connectivity index (χ0v) is 14.2. The van der Waals surface area contributed by atoms with Crippen LogP contribution in [0.2, 0.25) is 0 Å². The van der Waals surface area contributed by atoms with Crippen LogP contribution in [-0.4, -0.2) is 22.6 Å². The largest absolute Gasteiger partial charge is 0.370 e. The number of rotatable bonds is 6. The molecule has 3 atom stereocenters. The van der Waals surface area contributed by atoms with E-state index >= 15 is 0 Å². The summed E-state index contributed by atoms with van der Waals surface area (Å²) >= 11 is 0. The minimum atomic E-state index is 0.544. The molecule has 0 saturated heterocycles. The van der Waals surface area contributed by atoms with E-state index < -0.39 is 0 Å². The summed E-state index contributed by atoms with van der Waals surface area (Å²) in [4.78, 5) is 9.32. The van der Waals surface area contributed by atoms with Crippen LogP contribution in [0.5, 0.6) is 0 Å². The summed E-state index contributed by atoms with van der Waals surface area (Å²) in [5, 5.41) is 7.06. The number of hydrogen-bond donors (Lipinski definition) is 2. The predicted octanol–water partition coefficient (Wildman–Crippen LogP) is 4.02. The number of nitrogens with one attached hydrogen (secondary N) is 2. The lowest BCUT2D eigenvalue weighted by atomic mass is 9.93. The Labute approximate surface area is 129 Å². The van der Waals surface area contributed by atoms with Crippen molar-refractivity contribution in [3.05, 3.63) is 11.4 Å². The molecule has 1 aromatic heterocycles. The first kappa shape index (κ1) is 16.1. The SMILES string of the molecule is CCNc1nc(CC)nc(NC2CCC(CC)C2C)c1C. The number of nitrogens with zero attached hydrogens (tertiary/aromatic N) is 2. The van der Waals surface area contributed by atoms with E-state index in [2.05, 4.69) is 50.2 Å². The Morgan fingerprint density at radius 1 is 1.10 bits per heavy atom. The van der Waals surface area contributed by atoms with Gasteiger partial charge in [-0.25, -0.2) is 9.97 Å². The molecule has 118 valence electrons. The minimum absolute atomic E-state index is 0.544. The van der Waals surface area contributed by atoms with Crippen molar-refractivity contribution in [3.8, 4) is 0 Å². The van der Waals surface area contributed by atoms with Crippen molar-refractivity contribution in [2.45, 2.75) is 66.3 Å². The van der Waals surface area contributed by atoms with Gasteiger partial charge in [-0.2, -0.15) is 0 Å². The lowest BCUT2D eigenvalue weighted by molar-refractivity contribution is 0.391. The van der Waals surface area contributed by atoms with E-state index in [1.54, 1.807) is 0 Å². The zero-order valence-electron chi connectivity index (χ0n) is 14.2. The van der Waals surface area contributed by atoms with E-state index in [1.165, 1.54) is 19.3 Å². The topological polar surface area (TPSA) is 49.8 Å². The number of aromatic nitrogens is 2. The van der Waals surface area contributed by atoms with Gasteiger partial charge in [0, 0.05) is 24.6 Å². The van der Waals surface area contributed by atoms with Crippen LogP contribution in [0.1, 0.15) is 58.3 Å². The molecule has 3 unspecified atom stereocenters. The summed E-state index contributed by atoms with van der Waals surface area (Å²) in [6, 6.07) is 0.544. The van der Waals surface area contributed by atoms with Crippen LogP contribution in [0, 0.1) is 18.8 Å². The Hall–Kier alpha value is -1.32. The molecule has 0 aromatic carbocycles. The van der Waals surface area contributed by atoms with E-state index in [0.29, 0.717) is 6.04 Å². The average Bonchev–Trinajstić information content (AvgIpc) is 2.83. The van der Waals surface area contributed by atoms with Gasteiger partial charge in [-0.15, -0.1) is 0 Å². The summed E-state index contributed by atoms with van der Waals surface area (Å²) in [7, 11) is 0. The number of aryl methyl sites for hydroxylation is 1. The average molecular weight is 290 g/mol. The molecule has 4 heteroatoms. The first-order valence-corrected chi connectivity index (χ1v) is 8.48. The molecule has 0 aliphatic heterocycles. The molecule has 4 nitrogen and oxygen atoms in total. The molecule has 1 saturated carbocycles. The Morgan fingerprint density at radius 2 is 1.81 bits per heavy atom. The molecule has 0 bridgehead atoms. The van der Waals surface area contributed by atoms with Gasteiger partial charge in [0.05, 0.1) is 0 Å². The minimum Gasteiger partial charge on any atom is -0.370 e. The van der Waals surface area contributed by atoms with Gasteiger partial charge in [0.15, 0.2) is 0 Å². The smallest absolute Gasteiger partial charge is 0.135 e. The standard InChI is InChI=1S/C17H30N4/c1-6-13-9-10-14(11(13)4)19-17-12(5)16(18-8-3)20-15(7-2)21-17/h11,13-14H,6-10H2,1-5H3,(H2,18,19,20,21). The highest BCUT2D eigenvalue weighted by atomic mass is 15.1. The first-order chi connectivity index (χ1) is 10.1. The van der Waals surface area contributed by atoms with Crippen LogP contribution in [0.15, 0.2) is 0 Å². The van der Waals surface area contributed by atoms with Crippen LogP contribution in [0.4, 0.5) is 11.6 Å². The van der Waals surface area contributed by atoms with Crippen molar-refractivity contribution in [1.29, 1.82) is 0 Å². The van der Waals surface area contributed by atoms with Crippen LogP contribution in [0.25, 0.3) is 0 Å². The van der Waals surface area contributed by atoms with E-state index in [1.807, 2.05) is 0 Å². The highest BCUT2D eigenvalue weighted by Crippen LogP contribution is 2.36. The monoisotopic (exact) mass is 290 g/mol. The second kappa shape index (κ2) is 7.10. The van der Waals surface area contributed by atoms with Gasteiger partial charge in [0.2, 0.25) is 0 Å². The van der Waals surface area contributed by atoms with Crippen LogP contribution in [-0.2, 0) is 6.42 Å². The second-order valence-corrected chi connectivity index (χ2v) is 6.20. The van der Waals surface area contributed by atoms with Crippen molar-refractivity contribution in [2.75, 3.05) is 17.2 Å². The van der Waals surface area contributed by atoms with Crippen molar-refractivity contribution >= 4 is 11.6 Å². The highest BCUT2D eigenvalue weighted by molar-refractivity contribution is 5.57. The van der Waals surface area contributed by atoms with Gasteiger partial charge in [-0.3, -0.25) is 0 Å². The lowest BCUT2D eigenvalue weighted by Crippen LogP contribution is -2.26. The molecule has 1 heterocycles. The Morgan fingerprint density at radius 3 is 2.38 bits per heavy atom. The maximum atomic E-state index is 4.72. The van der Waals surface area contributed by atoms with Gasteiger partial charge in [0.1, 0.15) is 17.5 Å². The molecule has 1 fully saturated rings. The summed E-state index contributed by atoms with van der Waals surface area (Å²) in [6.45, 7) is 11.9.